The van der Waals surface area contributed by atoms with Gasteiger partial charge in [-0.15, -0.1) is 0 Å². The number of hydrogen-bond acceptors (Lipinski definition) is 3. The Balaban J connectivity index is 2.27. The van der Waals surface area contributed by atoms with E-state index in [9.17, 15) is 9.90 Å². The summed E-state index contributed by atoms with van der Waals surface area (Å²) in [5.74, 6) is -0.265. The molecule has 1 amide bonds. The smallest absolute Gasteiger partial charge is 0.224 e. The summed E-state index contributed by atoms with van der Waals surface area (Å²) in [5, 5.41) is 12.5. The molecule has 4 N–H and O–H groups in total. The number of carbonyl (C=O) groups excluding carboxylic acids is 1. The molecule has 0 spiro atoms. The standard InChI is InChI=1S/C10H20N2O2/c1-7(8(2)11)9(13)12-6-10(14)4-3-5-10/h7-8,14H,3-6,11H2,1-2H3,(H,12,13). The summed E-state index contributed by atoms with van der Waals surface area (Å²) in [4.78, 5) is 11.5. The lowest BCUT2D eigenvalue weighted by Gasteiger charge is -2.36. The lowest BCUT2D eigenvalue weighted by atomic mass is 9.80. The van der Waals surface area contributed by atoms with Gasteiger partial charge in [0, 0.05) is 18.5 Å². The third kappa shape index (κ3) is 2.69. The van der Waals surface area contributed by atoms with E-state index in [2.05, 4.69) is 5.32 Å². The Labute approximate surface area is 84.9 Å². The van der Waals surface area contributed by atoms with Crippen molar-refractivity contribution in [2.45, 2.75) is 44.8 Å². The van der Waals surface area contributed by atoms with Gasteiger partial charge in [-0.05, 0) is 26.2 Å². The molecule has 1 rings (SSSR count). The lowest BCUT2D eigenvalue weighted by Crippen LogP contribution is -2.50. The Morgan fingerprint density at radius 3 is 2.50 bits per heavy atom. The first kappa shape index (κ1) is 11.5. The first-order valence-corrected chi connectivity index (χ1v) is 5.20. The number of amides is 1. The van der Waals surface area contributed by atoms with E-state index in [0.717, 1.165) is 19.3 Å². The summed E-state index contributed by atoms with van der Waals surface area (Å²) in [6.45, 7) is 3.97. The number of nitrogens with two attached hydrogens (primary N) is 1. The Hall–Kier alpha value is -0.610. The van der Waals surface area contributed by atoms with Crippen molar-refractivity contribution < 1.29 is 9.90 Å². The van der Waals surface area contributed by atoms with Crippen molar-refractivity contribution in [3.63, 3.8) is 0 Å². The van der Waals surface area contributed by atoms with Crippen molar-refractivity contribution in [3.8, 4) is 0 Å². The second-order valence-corrected chi connectivity index (χ2v) is 4.44. The molecule has 0 aromatic heterocycles. The lowest BCUT2D eigenvalue weighted by molar-refractivity contribution is -0.127. The zero-order valence-electron chi connectivity index (χ0n) is 8.92. The fourth-order valence-electron chi connectivity index (χ4n) is 1.41. The van der Waals surface area contributed by atoms with E-state index in [1.807, 2.05) is 6.92 Å². The molecule has 0 heterocycles. The van der Waals surface area contributed by atoms with Crippen LogP contribution in [0.4, 0.5) is 0 Å². The Bertz CT molecular complexity index is 212. The number of nitrogens with one attached hydrogen (secondary N) is 1. The minimum Gasteiger partial charge on any atom is -0.388 e. The van der Waals surface area contributed by atoms with Crippen LogP contribution in [0.3, 0.4) is 0 Å². The Kier molecular flexibility index (Phi) is 3.50. The van der Waals surface area contributed by atoms with Crippen LogP contribution in [0.5, 0.6) is 0 Å². The van der Waals surface area contributed by atoms with Crippen molar-refractivity contribution in [3.05, 3.63) is 0 Å². The average molecular weight is 200 g/mol. The summed E-state index contributed by atoms with van der Waals surface area (Å²) < 4.78 is 0. The molecule has 1 aliphatic carbocycles. The van der Waals surface area contributed by atoms with Crippen molar-refractivity contribution >= 4 is 5.91 Å². The van der Waals surface area contributed by atoms with Crippen LogP contribution in [0.1, 0.15) is 33.1 Å². The topological polar surface area (TPSA) is 75.4 Å². The maximum absolute atomic E-state index is 11.5. The largest absolute Gasteiger partial charge is 0.388 e. The van der Waals surface area contributed by atoms with Crippen molar-refractivity contribution in [2.75, 3.05) is 6.54 Å². The van der Waals surface area contributed by atoms with Crippen molar-refractivity contribution in [1.82, 2.24) is 5.32 Å². The van der Waals surface area contributed by atoms with Gasteiger partial charge in [-0.2, -0.15) is 0 Å². The van der Waals surface area contributed by atoms with Crippen LogP contribution in [-0.4, -0.2) is 29.2 Å². The number of carbonyl (C=O) groups is 1. The molecular weight excluding hydrogens is 180 g/mol. The average Bonchev–Trinajstić information content (AvgIpc) is 2.09. The van der Waals surface area contributed by atoms with Crippen LogP contribution in [0.2, 0.25) is 0 Å². The Morgan fingerprint density at radius 1 is 1.57 bits per heavy atom. The number of rotatable bonds is 4. The third-order valence-corrected chi connectivity index (χ3v) is 3.08. The van der Waals surface area contributed by atoms with Gasteiger partial charge in [0.15, 0.2) is 0 Å². The molecule has 4 nitrogen and oxygen atoms in total. The van der Waals surface area contributed by atoms with E-state index in [1.165, 1.54) is 0 Å². The highest BCUT2D eigenvalue weighted by atomic mass is 16.3. The molecule has 0 radical (unpaired) electrons. The van der Waals surface area contributed by atoms with Gasteiger partial charge in [0.25, 0.3) is 0 Å². The highest BCUT2D eigenvalue weighted by molar-refractivity contribution is 5.79. The van der Waals surface area contributed by atoms with E-state index >= 15 is 0 Å². The van der Waals surface area contributed by atoms with Crippen LogP contribution in [0.25, 0.3) is 0 Å². The predicted octanol–water partition coefficient (Wildman–Crippen LogP) is 0.000900. The summed E-state index contributed by atoms with van der Waals surface area (Å²) >= 11 is 0. The first-order valence-electron chi connectivity index (χ1n) is 5.20. The molecule has 0 aliphatic heterocycles. The number of hydrogen-bond donors (Lipinski definition) is 3. The summed E-state index contributed by atoms with van der Waals surface area (Å²) in [5.41, 5.74) is 4.95. The fourth-order valence-corrected chi connectivity index (χ4v) is 1.41. The van der Waals surface area contributed by atoms with Gasteiger partial charge in [0.1, 0.15) is 0 Å². The van der Waals surface area contributed by atoms with Gasteiger partial charge in [-0.3, -0.25) is 4.79 Å². The highest BCUT2D eigenvalue weighted by Gasteiger charge is 2.34. The van der Waals surface area contributed by atoms with Gasteiger partial charge in [0.05, 0.1) is 5.60 Å². The molecule has 0 saturated heterocycles. The molecule has 14 heavy (non-hydrogen) atoms. The summed E-state index contributed by atoms with van der Waals surface area (Å²) in [7, 11) is 0. The third-order valence-electron chi connectivity index (χ3n) is 3.08. The maximum Gasteiger partial charge on any atom is 0.224 e. The molecule has 2 atom stereocenters. The fraction of sp³-hybridized carbons (Fsp3) is 0.900. The quantitative estimate of drug-likeness (QED) is 0.598. The van der Waals surface area contributed by atoms with E-state index in [1.54, 1.807) is 6.92 Å². The molecule has 0 aromatic carbocycles. The van der Waals surface area contributed by atoms with Crippen LogP contribution in [0, 0.1) is 5.92 Å². The van der Waals surface area contributed by atoms with Crippen molar-refractivity contribution in [1.29, 1.82) is 0 Å². The molecule has 0 bridgehead atoms. The SMILES string of the molecule is CC(N)C(C)C(=O)NCC1(O)CCC1. The molecule has 4 heteroatoms. The van der Waals surface area contributed by atoms with Gasteiger partial charge in [-0.1, -0.05) is 6.92 Å². The summed E-state index contributed by atoms with van der Waals surface area (Å²) in [6.07, 6.45) is 2.63. The second-order valence-electron chi connectivity index (χ2n) is 4.44. The minimum absolute atomic E-state index is 0.0691. The van der Waals surface area contributed by atoms with Gasteiger partial charge >= 0.3 is 0 Å². The predicted molar refractivity (Wildman–Crippen MR) is 54.6 cm³/mol. The minimum atomic E-state index is -0.646. The molecule has 1 fully saturated rings. The maximum atomic E-state index is 11.5. The van der Waals surface area contributed by atoms with Crippen molar-refractivity contribution in [2.24, 2.45) is 11.7 Å². The van der Waals surface area contributed by atoms with Gasteiger partial charge < -0.3 is 16.2 Å². The Morgan fingerprint density at radius 2 is 2.14 bits per heavy atom. The van der Waals surface area contributed by atoms with E-state index in [4.69, 9.17) is 5.73 Å². The van der Waals surface area contributed by atoms with Crippen LogP contribution < -0.4 is 11.1 Å². The molecule has 1 aliphatic rings. The number of aliphatic hydroxyl groups is 1. The van der Waals surface area contributed by atoms with E-state index in [-0.39, 0.29) is 17.9 Å². The highest BCUT2D eigenvalue weighted by Crippen LogP contribution is 2.30. The van der Waals surface area contributed by atoms with Gasteiger partial charge in [0.2, 0.25) is 5.91 Å². The molecule has 82 valence electrons. The van der Waals surface area contributed by atoms with Gasteiger partial charge in [-0.25, -0.2) is 0 Å². The second kappa shape index (κ2) is 4.28. The van der Waals surface area contributed by atoms with E-state index < -0.39 is 5.60 Å². The van der Waals surface area contributed by atoms with E-state index in [0.29, 0.717) is 6.54 Å². The molecule has 1 saturated carbocycles. The zero-order valence-corrected chi connectivity index (χ0v) is 8.92. The molecule has 2 unspecified atom stereocenters. The molecular formula is C10H20N2O2. The normalized spacial score (nSPS) is 23.4. The monoisotopic (exact) mass is 200 g/mol. The molecule has 0 aromatic rings. The van der Waals surface area contributed by atoms with Crippen LogP contribution >= 0.6 is 0 Å². The van der Waals surface area contributed by atoms with Crippen LogP contribution in [-0.2, 0) is 4.79 Å². The van der Waals surface area contributed by atoms with Crippen LogP contribution in [0.15, 0.2) is 0 Å². The zero-order chi connectivity index (χ0) is 10.8. The summed E-state index contributed by atoms with van der Waals surface area (Å²) in [6, 6.07) is -0.147. The first-order chi connectivity index (χ1) is 6.44.